The van der Waals surface area contributed by atoms with Gasteiger partial charge in [-0.2, -0.15) is 8.78 Å². The second kappa shape index (κ2) is 17.5. The number of Topliss-reactive ketones (excluding diaryl/α,β-unsaturated/α-hetero) is 1. The summed E-state index contributed by atoms with van der Waals surface area (Å²) in [4.78, 5) is 52.1. The third kappa shape index (κ3) is 11.0. The third-order valence-electron chi connectivity index (χ3n) is 7.57. The number of benzene rings is 4. The minimum Gasteiger partial charge on any atom is -0.489 e. The molecular formula is C38H39F2N3O6. The summed E-state index contributed by atoms with van der Waals surface area (Å²) in [5, 5.41) is 6.94. The molecule has 4 rings (SSSR count). The van der Waals surface area contributed by atoms with Crippen LogP contribution in [0.1, 0.15) is 36.1 Å². The molecule has 4 aromatic rings. The number of carbonyl (C=O) groups is 4. The first-order valence-corrected chi connectivity index (χ1v) is 15.8. The van der Waals surface area contributed by atoms with Gasteiger partial charge < -0.3 is 25.4 Å². The fourth-order valence-electron chi connectivity index (χ4n) is 4.82. The van der Waals surface area contributed by atoms with E-state index in [1.54, 1.807) is 92.7 Å². The van der Waals surface area contributed by atoms with Crippen molar-refractivity contribution in [1.29, 1.82) is 0 Å². The van der Waals surface area contributed by atoms with Crippen molar-refractivity contribution in [3.05, 3.63) is 138 Å². The van der Waals surface area contributed by atoms with Crippen LogP contribution >= 0.6 is 0 Å². The molecule has 4 aromatic carbocycles. The molecule has 9 nitrogen and oxygen atoms in total. The highest BCUT2D eigenvalue weighted by Gasteiger charge is 2.50. The van der Waals surface area contributed by atoms with Crippen molar-refractivity contribution in [2.75, 3.05) is 0 Å². The van der Waals surface area contributed by atoms with Crippen molar-refractivity contribution < 1.29 is 37.4 Å². The van der Waals surface area contributed by atoms with Gasteiger partial charge in [-0.05, 0) is 40.3 Å². The van der Waals surface area contributed by atoms with Gasteiger partial charge in [-0.15, -0.1) is 0 Å². The number of ketones is 1. The number of amides is 3. The van der Waals surface area contributed by atoms with Gasteiger partial charge in [0.15, 0.2) is 0 Å². The van der Waals surface area contributed by atoms with E-state index in [9.17, 15) is 19.2 Å². The summed E-state index contributed by atoms with van der Waals surface area (Å²) < 4.78 is 41.9. The van der Waals surface area contributed by atoms with E-state index in [4.69, 9.17) is 9.47 Å². The summed E-state index contributed by atoms with van der Waals surface area (Å²) >= 11 is 0. The average molecular weight is 672 g/mol. The quantitative estimate of drug-likeness (QED) is 0.130. The molecule has 0 heterocycles. The lowest BCUT2D eigenvalue weighted by molar-refractivity contribution is -0.160. The number of halogens is 2. The third-order valence-corrected chi connectivity index (χ3v) is 7.57. The van der Waals surface area contributed by atoms with Crippen molar-refractivity contribution in [2.45, 2.75) is 58.0 Å². The van der Waals surface area contributed by atoms with E-state index in [0.717, 1.165) is 11.1 Å². The van der Waals surface area contributed by atoms with Gasteiger partial charge >= 0.3 is 12.0 Å². The Hall–Kier alpha value is -5.58. The van der Waals surface area contributed by atoms with Gasteiger partial charge in [0.1, 0.15) is 25.0 Å². The van der Waals surface area contributed by atoms with Crippen molar-refractivity contribution in [2.24, 2.45) is 5.92 Å². The number of ether oxygens (including phenoxy) is 2. The SMILES string of the molecule is CC(C)[C@H](NC(=O)OCc1ccccc1)C(=O)NC(Cc1ccc(OCc2ccccc2)cc1)C(=O)C(F)(F)C(=O)NCc1ccccc1. The van der Waals surface area contributed by atoms with E-state index >= 15 is 8.78 Å². The van der Waals surface area contributed by atoms with Gasteiger partial charge in [-0.3, -0.25) is 14.4 Å². The lowest BCUT2D eigenvalue weighted by Crippen LogP contribution is -2.59. The molecule has 0 saturated carbocycles. The largest absolute Gasteiger partial charge is 0.489 e. The molecule has 0 radical (unpaired) electrons. The Labute approximate surface area is 284 Å². The molecule has 0 aliphatic heterocycles. The van der Waals surface area contributed by atoms with Crippen LogP contribution in [0.4, 0.5) is 13.6 Å². The Bertz CT molecular complexity index is 1670. The first kappa shape index (κ1) is 36.3. The number of nitrogens with one attached hydrogen (secondary N) is 3. The molecule has 1 unspecified atom stereocenters. The van der Waals surface area contributed by atoms with Crippen LogP contribution < -0.4 is 20.7 Å². The zero-order chi connectivity index (χ0) is 35.2. The molecule has 256 valence electrons. The smallest absolute Gasteiger partial charge is 0.408 e. The maximum Gasteiger partial charge on any atom is 0.408 e. The minimum absolute atomic E-state index is 0.0599. The van der Waals surface area contributed by atoms with E-state index in [0.29, 0.717) is 23.5 Å². The van der Waals surface area contributed by atoms with Crippen LogP contribution in [0.3, 0.4) is 0 Å². The Morgan fingerprint density at radius 1 is 0.673 bits per heavy atom. The van der Waals surface area contributed by atoms with Gasteiger partial charge in [0.25, 0.3) is 5.91 Å². The molecule has 0 saturated heterocycles. The van der Waals surface area contributed by atoms with Crippen LogP contribution in [-0.4, -0.2) is 41.7 Å². The van der Waals surface area contributed by atoms with E-state index in [2.05, 4.69) is 16.0 Å². The van der Waals surface area contributed by atoms with Crippen LogP contribution in [0.5, 0.6) is 5.75 Å². The Morgan fingerprint density at radius 2 is 1.20 bits per heavy atom. The van der Waals surface area contributed by atoms with Gasteiger partial charge in [0.2, 0.25) is 11.7 Å². The first-order valence-electron chi connectivity index (χ1n) is 15.8. The van der Waals surface area contributed by atoms with Crippen LogP contribution in [0.2, 0.25) is 0 Å². The van der Waals surface area contributed by atoms with Crippen LogP contribution in [-0.2, 0) is 45.3 Å². The number of alkyl carbamates (subject to hydrolysis) is 1. The summed E-state index contributed by atoms with van der Waals surface area (Å²) in [6.45, 7) is 3.29. The maximum atomic E-state index is 15.5. The van der Waals surface area contributed by atoms with Crippen molar-refractivity contribution in [3.8, 4) is 5.75 Å². The average Bonchev–Trinajstić information content (AvgIpc) is 3.12. The molecule has 2 atom stereocenters. The van der Waals surface area contributed by atoms with E-state index in [1.807, 2.05) is 36.4 Å². The molecule has 0 bridgehead atoms. The summed E-state index contributed by atoms with van der Waals surface area (Å²) in [7, 11) is 0. The normalized spacial score (nSPS) is 12.3. The van der Waals surface area contributed by atoms with Gasteiger partial charge in [0, 0.05) is 13.0 Å². The topological polar surface area (TPSA) is 123 Å². The van der Waals surface area contributed by atoms with Gasteiger partial charge in [0.05, 0.1) is 6.04 Å². The predicted molar refractivity (Wildman–Crippen MR) is 179 cm³/mol. The molecule has 0 aliphatic carbocycles. The fraction of sp³-hybridized carbons (Fsp3) is 0.263. The second-order valence-electron chi connectivity index (χ2n) is 11.7. The van der Waals surface area contributed by atoms with Crippen molar-refractivity contribution in [1.82, 2.24) is 16.0 Å². The standard InChI is InChI=1S/C38H39F2N3O6/c1-26(2)33(43-37(47)49-25-30-16-10-5-11-17-30)35(45)42-32(34(44)38(39,40)36(46)41-23-28-12-6-3-7-13-28)22-27-18-20-31(21-19-27)48-24-29-14-8-4-9-15-29/h3-21,26,32-33H,22-25H2,1-2H3,(H,41,46)(H,42,45)(H,43,47)/t32?,33-/m0/s1. The minimum atomic E-state index is -4.49. The molecule has 3 N–H and O–H groups in total. The summed E-state index contributed by atoms with van der Waals surface area (Å²) in [6.07, 6.45) is -1.27. The van der Waals surface area contributed by atoms with E-state index < -0.39 is 47.6 Å². The zero-order valence-corrected chi connectivity index (χ0v) is 27.2. The highest BCUT2D eigenvalue weighted by Crippen LogP contribution is 2.22. The number of rotatable bonds is 16. The molecule has 3 amide bonds. The molecule has 11 heteroatoms. The lowest BCUT2D eigenvalue weighted by Gasteiger charge is -2.27. The molecule has 0 aliphatic rings. The highest BCUT2D eigenvalue weighted by atomic mass is 19.3. The summed E-state index contributed by atoms with van der Waals surface area (Å²) in [5.74, 6) is -8.99. The van der Waals surface area contributed by atoms with Crippen LogP contribution in [0.15, 0.2) is 115 Å². The first-order chi connectivity index (χ1) is 23.5. The van der Waals surface area contributed by atoms with E-state index in [1.165, 1.54) is 0 Å². The number of carbonyl (C=O) groups excluding carboxylic acids is 4. The van der Waals surface area contributed by atoms with Crippen LogP contribution in [0.25, 0.3) is 0 Å². The molecular weight excluding hydrogens is 632 g/mol. The van der Waals surface area contributed by atoms with Crippen molar-refractivity contribution in [3.63, 3.8) is 0 Å². The predicted octanol–water partition coefficient (Wildman–Crippen LogP) is 5.76. The van der Waals surface area contributed by atoms with Gasteiger partial charge in [-0.1, -0.05) is 117 Å². The van der Waals surface area contributed by atoms with Crippen molar-refractivity contribution >= 4 is 23.7 Å². The Morgan fingerprint density at radius 3 is 1.76 bits per heavy atom. The lowest BCUT2D eigenvalue weighted by atomic mass is 9.96. The molecule has 0 spiro atoms. The second-order valence-corrected chi connectivity index (χ2v) is 11.7. The fourth-order valence-corrected chi connectivity index (χ4v) is 4.82. The maximum absolute atomic E-state index is 15.5. The van der Waals surface area contributed by atoms with Gasteiger partial charge in [-0.25, -0.2) is 4.79 Å². The Balaban J connectivity index is 1.48. The van der Waals surface area contributed by atoms with E-state index in [-0.39, 0.29) is 19.6 Å². The molecule has 0 fully saturated rings. The molecule has 0 aromatic heterocycles. The highest BCUT2D eigenvalue weighted by molar-refractivity contribution is 6.10. The zero-order valence-electron chi connectivity index (χ0n) is 27.2. The van der Waals surface area contributed by atoms with Crippen LogP contribution in [0, 0.1) is 5.92 Å². The number of alkyl halides is 2. The number of hydrogen-bond donors (Lipinski definition) is 3. The summed E-state index contributed by atoms with van der Waals surface area (Å²) in [6, 6.07) is 30.1. The molecule has 49 heavy (non-hydrogen) atoms. The Kier molecular flexibility index (Phi) is 13.0. The summed E-state index contributed by atoms with van der Waals surface area (Å²) in [5.41, 5.74) is 2.65. The number of hydrogen-bond acceptors (Lipinski definition) is 6. The monoisotopic (exact) mass is 671 g/mol.